The summed E-state index contributed by atoms with van der Waals surface area (Å²) in [6.07, 6.45) is 5.39. The summed E-state index contributed by atoms with van der Waals surface area (Å²) in [6, 6.07) is -0.0671. The van der Waals surface area contributed by atoms with E-state index in [0.717, 1.165) is 36.0 Å². The van der Waals surface area contributed by atoms with Crippen molar-refractivity contribution in [3.8, 4) is 0 Å². The Morgan fingerprint density at radius 3 is 2.54 bits per heavy atom. The average molecular weight is 341 g/mol. The maximum atomic E-state index is 12.0. The lowest BCUT2D eigenvalue weighted by molar-refractivity contribution is -0.554. The molecule has 3 atom stereocenters. The third-order valence-electron chi connectivity index (χ3n) is 5.07. The van der Waals surface area contributed by atoms with Crippen LogP contribution in [0.2, 0.25) is 0 Å². The van der Waals surface area contributed by atoms with Crippen LogP contribution in [0.4, 0.5) is 0 Å². The highest BCUT2D eigenvalue weighted by atomic mass is 16.7. The molecule has 6 heteroatoms. The van der Waals surface area contributed by atoms with Crippen molar-refractivity contribution in [3.63, 3.8) is 0 Å². The van der Waals surface area contributed by atoms with E-state index in [1.165, 1.54) is 0 Å². The molecule has 0 aromatic carbocycles. The maximum absolute atomic E-state index is 12.0. The summed E-state index contributed by atoms with van der Waals surface area (Å²) in [5.74, 6) is -0.0121. The van der Waals surface area contributed by atoms with Gasteiger partial charge in [-0.15, -0.1) is 0 Å². The van der Waals surface area contributed by atoms with Crippen molar-refractivity contribution >= 4 is 0 Å². The highest BCUT2D eigenvalue weighted by Crippen LogP contribution is 2.30. The standard InChI is InChI=1S/C18H33N2O4/c1-4-14(5-2)24-17-11-13(18-22-9-10-23-18)7-8-16(19)15(17)12-20(21)6-3/h11,14-18H,4-10,12,19H2,1-3H3/q+1. The van der Waals surface area contributed by atoms with E-state index < -0.39 is 0 Å². The van der Waals surface area contributed by atoms with E-state index in [-0.39, 0.29) is 30.5 Å². The Morgan fingerprint density at radius 2 is 1.96 bits per heavy atom. The minimum absolute atomic E-state index is 0.0121. The van der Waals surface area contributed by atoms with Gasteiger partial charge in [0.05, 0.1) is 31.3 Å². The van der Waals surface area contributed by atoms with E-state index in [1.807, 2.05) is 6.92 Å². The topological polar surface area (TPSA) is 73.8 Å². The SMILES string of the molecule is CCC(CC)OC1C=C(C2OCCO2)CCC(N)C1C[N+](=O)CC. The molecule has 1 fully saturated rings. The van der Waals surface area contributed by atoms with Crippen molar-refractivity contribution in [1.82, 2.24) is 0 Å². The third-order valence-corrected chi connectivity index (χ3v) is 5.07. The molecule has 2 N–H and O–H groups in total. The summed E-state index contributed by atoms with van der Waals surface area (Å²) in [5, 5.41) is 0. The number of nitrogens with zero attached hydrogens (tertiary/aromatic N) is 1. The van der Waals surface area contributed by atoms with Gasteiger partial charge in [0.25, 0.3) is 0 Å². The molecule has 1 aliphatic carbocycles. The number of hydrogen-bond donors (Lipinski definition) is 1. The van der Waals surface area contributed by atoms with Crippen LogP contribution in [0.25, 0.3) is 0 Å². The maximum Gasteiger partial charge on any atom is 0.199 e. The van der Waals surface area contributed by atoms with E-state index >= 15 is 0 Å². The third kappa shape index (κ3) is 5.09. The highest BCUT2D eigenvalue weighted by molar-refractivity contribution is 5.14. The molecular formula is C18H33N2O4+. The number of nitrogens with two attached hydrogens (primary N) is 1. The van der Waals surface area contributed by atoms with Crippen LogP contribution in [-0.2, 0) is 14.2 Å². The summed E-state index contributed by atoms with van der Waals surface area (Å²) >= 11 is 0. The normalized spacial score (nSPS) is 28.9. The Balaban J connectivity index is 2.22. The second kappa shape index (κ2) is 9.61. The molecule has 6 nitrogen and oxygen atoms in total. The lowest BCUT2D eigenvalue weighted by Crippen LogP contribution is -2.43. The average Bonchev–Trinajstić information content (AvgIpc) is 3.08. The van der Waals surface area contributed by atoms with Gasteiger partial charge in [-0.05, 0) is 42.9 Å². The first-order valence-corrected chi connectivity index (χ1v) is 9.35. The minimum atomic E-state index is -0.279. The predicted molar refractivity (Wildman–Crippen MR) is 92.8 cm³/mol. The van der Waals surface area contributed by atoms with Crippen molar-refractivity contribution < 1.29 is 19.0 Å². The van der Waals surface area contributed by atoms with Crippen LogP contribution in [0.1, 0.15) is 46.5 Å². The van der Waals surface area contributed by atoms with E-state index in [2.05, 4.69) is 19.9 Å². The van der Waals surface area contributed by atoms with Gasteiger partial charge in [-0.1, -0.05) is 19.9 Å². The zero-order valence-corrected chi connectivity index (χ0v) is 15.3. The first-order chi connectivity index (χ1) is 11.6. The predicted octanol–water partition coefficient (Wildman–Crippen LogP) is 2.40. The van der Waals surface area contributed by atoms with Crippen LogP contribution >= 0.6 is 0 Å². The van der Waals surface area contributed by atoms with Gasteiger partial charge in [0.2, 0.25) is 0 Å². The van der Waals surface area contributed by atoms with Crippen LogP contribution in [0.3, 0.4) is 0 Å². The van der Waals surface area contributed by atoms with Crippen LogP contribution in [0.15, 0.2) is 11.6 Å². The van der Waals surface area contributed by atoms with Crippen LogP contribution < -0.4 is 5.73 Å². The number of nitroso groups, excluding NO2 is 1. The lowest BCUT2D eigenvalue weighted by Gasteiger charge is -2.28. The molecule has 2 aliphatic rings. The van der Waals surface area contributed by atoms with Crippen LogP contribution in [-0.4, -0.2) is 55.6 Å². The fourth-order valence-electron chi connectivity index (χ4n) is 3.42. The lowest BCUT2D eigenvalue weighted by atomic mass is 9.92. The molecule has 0 saturated carbocycles. The zero-order valence-electron chi connectivity index (χ0n) is 15.3. The van der Waals surface area contributed by atoms with E-state index in [0.29, 0.717) is 26.3 Å². The van der Waals surface area contributed by atoms with Gasteiger partial charge in [0.1, 0.15) is 0 Å². The number of ether oxygens (including phenoxy) is 3. The Bertz CT molecular complexity index is 431. The van der Waals surface area contributed by atoms with Gasteiger partial charge < -0.3 is 19.9 Å². The molecule has 1 saturated heterocycles. The van der Waals surface area contributed by atoms with Crippen LogP contribution in [0.5, 0.6) is 0 Å². The quantitative estimate of drug-likeness (QED) is 0.542. The Morgan fingerprint density at radius 1 is 1.29 bits per heavy atom. The molecule has 0 aromatic rings. The first kappa shape index (κ1) is 19.5. The Hall–Kier alpha value is -0.820. The number of rotatable bonds is 8. The smallest absolute Gasteiger partial charge is 0.199 e. The molecule has 3 unspecified atom stereocenters. The molecule has 1 heterocycles. The monoisotopic (exact) mass is 341 g/mol. The summed E-state index contributed by atoms with van der Waals surface area (Å²) < 4.78 is 18.8. The summed E-state index contributed by atoms with van der Waals surface area (Å²) in [4.78, 5) is 12.0. The Kier molecular flexibility index (Phi) is 7.81. The highest BCUT2D eigenvalue weighted by Gasteiger charge is 2.37. The van der Waals surface area contributed by atoms with E-state index in [9.17, 15) is 4.91 Å². The van der Waals surface area contributed by atoms with Gasteiger partial charge in [-0.3, -0.25) is 0 Å². The number of hydrogen-bond acceptors (Lipinski definition) is 5. The fraction of sp³-hybridized carbons (Fsp3) is 0.889. The molecule has 0 radical (unpaired) electrons. The van der Waals surface area contributed by atoms with Gasteiger partial charge in [0.15, 0.2) is 19.4 Å². The van der Waals surface area contributed by atoms with Gasteiger partial charge >= 0.3 is 0 Å². The van der Waals surface area contributed by atoms with Gasteiger partial charge in [-0.2, -0.15) is 0 Å². The van der Waals surface area contributed by atoms with Crippen LogP contribution in [0, 0.1) is 10.8 Å². The molecule has 0 amide bonds. The van der Waals surface area contributed by atoms with Gasteiger partial charge in [0, 0.05) is 10.9 Å². The van der Waals surface area contributed by atoms with E-state index in [4.69, 9.17) is 19.9 Å². The second-order valence-electron chi connectivity index (χ2n) is 6.70. The summed E-state index contributed by atoms with van der Waals surface area (Å²) in [5.41, 5.74) is 7.54. The summed E-state index contributed by atoms with van der Waals surface area (Å²) in [6.45, 7) is 8.23. The molecule has 24 heavy (non-hydrogen) atoms. The molecule has 2 rings (SSSR count). The molecule has 0 spiro atoms. The molecule has 0 bridgehead atoms. The molecule has 0 aromatic heterocycles. The van der Waals surface area contributed by atoms with Crippen molar-refractivity contribution in [2.24, 2.45) is 11.7 Å². The van der Waals surface area contributed by atoms with E-state index in [1.54, 1.807) is 0 Å². The fourth-order valence-corrected chi connectivity index (χ4v) is 3.42. The minimum Gasteiger partial charge on any atom is -0.370 e. The molecular weight excluding hydrogens is 308 g/mol. The Labute approximate surface area is 145 Å². The van der Waals surface area contributed by atoms with Gasteiger partial charge in [-0.25, -0.2) is 0 Å². The van der Waals surface area contributed by atoms with Crippen molar-refractivity contribution in [2.75, 3.05) is 26.3 Å². The second-order valence-corrected chi connectivity index (χ2v) is 6.70. The first-order valence-electron chi connectivity index (χ1n) is 9.35. The molecule has 1 aliphatic heterocycles. The summed E-state index contributed by atoms with van der Waals surface area (Å²) in [7, 11) is 0. The van der Waals surface area contributed by atoms with Crippen molar-refractivity contribution in [3.05, 3.63) is 16.6 Å². The van der Waals surface area contributed by atoms with Crippen molar-refractivity contribution in [2.45, 2.75) is 71.0 Å². The van der Waals surface area contributed by atoms with Crippen molar-refractivity contribution in [1.29, 1.82) is 0 Å². The largest absolute Gasteiger partial charge is 0.370 e. The molecule has 138 valence electrons. The zero-order chi connectivity index (χ0) is 17.5.